The number of benzene rings is 3. The molecule has 5 heteroatoms. The van der Waals surface area contributed by atoms with Gasteiger partial charge in [0, 0.05) is 23.4 Å². The molecule has 0 fully saturated rings. The maximum atomic E-state index is 14.1. The minimum Gasteiger partial charge on any atom is -0.489 e. The van der Waals surface area contributed by atoms with Crippen molar-refractivity contribution < 1.29 is 17.9 Å². The molecule has 0 aliphatic heterocycles. The SMILES string of the molecule is N[C@@H]1CC(COc2cccc3ccccc23)=CC[C@H]1c1cc(F)c(F)cc1F. The largest absolute Gasteiger partial charge is 0.489 e. The molecule has 0 saturated carbocycles. The highest BCUT2D eigenvalue weighted by Gasteiger charge is 2.28. The van der Waals surface area contributed by atoms with Crippen LogP contribution in [0.3, 0.4) is 0 Å². The fourth-order valence-electron chi connectivity index (χ4n) is 3.79. The molecule has 0 spiro atoms. The van der Waals surface area contributed by atoms with Crippen LogP contribution in [0.2, 0.25) is 0 Å². The summed E-state index contributed by atoms with van der Waals surface area (Å²) in [6.45, 7) is 0.384. The average Bonchev–Trinajstić information content (AvgIpc) is 2.69. The Bertz CT molecular complexity index is 1040. The number of hydrogen-bond donors (Lipinski definition) is 1. The molecule has 0 unspecified atom stereocenters. The molecule has 0 bridgehead atoms. The summed E-state index contributed by atoms with van der Waals surface area (Å²) < 4.78 is 46.8. The van der Waals surface area contributed by atoms with Gasteiger partial charge in [0.15, 0.2) is 11.6 Å². The summed E-state index contributed by atoms with van der Waals surface area (Å²) in [5.41, 5.74) is 7.37. The van der Waals surface area contributed by atoms with Crippen LogP contribution < -0.4 is 10.5 Å². The van der Waals surface area contributed by atoms with Crippen LogP contribution in [0.5, 0.6) is 5.75 Å². The van der Waals surface area contributed by atoms with Crippen molar-refractivity contribution >= 4 is 10.8 Å². The molecule has 0 heterocycles. The van der Waals surface area contributed by atoms with Crippen molar-refractivity contribution in [3.63, 3.8) is 0 Å². The van der Waals surface area contributed by atoms with Crippen molar-refractivity contribution in [1.29, 1.82) is 0 Å². The lowest BCUT2D eigenvalue weighted by atomic mass is 9.81. The molecule has 3 aromatic carbocycles. The first kappa shape index (κ1) is 18.6. The van der Waals surface area contributed by atoms with E-state index in [2.05, 4.69) is 0 Å². The van der Waals surface area contributed by atoms with Crippen LogP contribution in [-0.2, 0) is 0 Å². The summed E-state index contributed by atoms with van der Waals surface area (Å²) in [5.74, 6) is -2.61. The van der Waals surface area contributed by atoms with Crippen LogP contribution in [0.1, 0.15) is 24.3 Å². The van der Waals surface area contributed by atoms with Gasteiger partial charge < -0.3 is 10.5 Å². The van der Waals surface area contributed by atoms with E-state index in [1.54, 1.807) is 0 Å². The Morgan fingerprint density at radius 1 is 0.929 bits per heavy atom. The average molecular weight is 383 g/mol. The van der Waals surface area contributed by atoms with Crippen LogP contribution in [0.25, 0.3) is 10.8 Å². The summed E-state index contributed by atoms with van der Waals surface area (Å²) in [6, 6.07) is 15.0. The molecule has 1 aliphatic rings. The van der Waals surface area contributed by atoms with Gasteiger partial charge in [0.1, 0.15) is 18.2 Å². The number of ether oxygens (including phenoxy) is 1. The summed E-state index contributed by atoms with van der Waals surface area (Å²) in [5, 5.41) is 2.13. The van der Waals surface area contributed by atoms with E-state index in [1.165, 1.54) is 0 Å². The van der Waals surface area contributed by atoms with Crippen LogP contribution in [0.15, 0.2) is 66.2 Å². The van der Waals surface area contributed by atoms with Crippen molar-refractivity contribution in [3.8, 4) is 5.75 Å². The van der Waals surface area contributed by atoms with Gasteiger partial charge in [-0.05, 0) is 41.5 Å². The van der Waals surface area contributed by atoms with Crippen molar-refractivity contribution in [2.75, 3.05) is 6.61 Å². The standard InChI is InChI=1S/C23H20F3NO/c24-19-12-21(26)20(25)11-18(19)17-9-8-14(10-22(17)27)13-28-23-7-3-5-15-4-1-2-6-16(15)23/h1-8,11-12,17,22H,9-10,13,27H2/t17-,22+/m0/s1. The fraction of sp³-hybridized carbons (Fsp3) is 0.217. The second-order valence-corrected chi connectivity index (χ2v) is 7.13. The molecule has 2 N–H and O–H groups in total. The van der Waals surface area contributed by atoms with E-state index >= 15 is 0 Å². The molecule has 144 valence electrons. The molecule has 0 saturated heterocycles. The Morgan fingerprint density at radius 2 is 1.68 bits per heavy atom. The van der Waals surface area contributed by atoms with E-state index < -0.39 is 29.4 Å². The molecule has 4 rings (SSSR count). The predicted molar refractivity (Wildman–Crippen MR) is 104 cm³/mol. The van der Waals surface area contributed by atoms with Gasteiger partial charge in [-0.15, -0.1) is 0 Å². The molecule has 0 aromatic heterocycles. The summed E-state index contributed by atoms with van der Waals surface area (Å²) in [6.07, 6.45) is 2.92. The van der Waals surface area contributed by atoms with E-state index in [1.807, 2.05) is 48.5 Å². The van der Waals surface area contributed by atoms with Gasteiger partial charge in [-0.25, -0.2) is 13.2 Å². The molecule has 3 aromatic rings. The van der Waals surface area contributed by atoms with Crippen LogP contribution in [0.4, 0.5) is 13.2 Å². The molecular weight excluding hydrogens is 363 g/mol. The Morgan fingerprint density at radius 3 is 2.50 bits per heavy atom. The van der Waals surface area contributed by atoms with Gasteiger partial charge >= 0.3 is 0 Å². The lowest BCUT2D eigenvalue weighted by molar-refractivity contribution is 0.338. The number of allylic oxidation sites excluding steroid dienone is 1. The zero-order valence-electron chi connectivity index (χ0n) is 15.2. The monoisotopic (exact) mass is 383 g/mol. The fourth-order valence-corrected chi connectivity index (χ4v) is 3.79. The van der Waals surface area contributed by atoms with Crippen LogP contribution in [-0.4, -0.2) is 12.6 Å². The minimum absolute atomic E-state index is 0.122. The Hall–Kier alpha value is -2.79. The molecule has 0 amide bonds. The highest BCUT2D eigenvalue weighted by molar-refractivity contribution is 5.88. The van der Waals surface area contributed by atoms with Crippen LogP contribution >= 0.6 is 0 Å². The maximum absolute atomic E-state index is 14.1. The third-order valence-corrected chi connectivity index (χ3v) is 5.28. The highest BCUT2D eigenvalue weighted by atomic mass is 19.2. The molecule has 1 aliphatic carbocycles. The smallest absolute Gasteiger partial charge is 0.161 e. The van der Waals surface area contributed by atoms with Crippen molar-refractivity contribution in [2.24, 2.45) is 5.73 Å². The quantitative estimate of drug-likeness (QED) is 0.479. The van der Waals surface area contributed by atoms with Gasteiger partial charge in [0.2, 0.25) is 0 Å². The van der Waals surface area contributed by atoms with E-state index in [0.717, 1.165) is 28.2 Å². The van der Waals surface area contributed by atoms with Crippen molar-refractivity contribution in [3.05, 3.63) is 89.3 Å². The normalized spacial score (nSPS) is 19.5. The third kappa shape index (κ3) is 3.62. The zero-order chi connectivity index (χ0) is 19.7. The molecule has 2 nitrogen and oxygen atoms in total. The topological polar surface area (TPSA) is 35.2 Å². The van der Waals surface area contributed by atoms with Gasteiger partial charge in [-0.2, -0.15) is 0 Å². The predicted octanol–water partition coefficient (Wildman–Crippen LogP) is 5.47. The van der Waals surface area contributed by atoms with E-state index in [9.17, 15) is 13.2 Å². The van der Waals surface area contributed by atoms with Gasteiger partial charge in [0.25, 0.3) is 0 Å². The molecule has 28 heavy (non-hydrogen) atoms. The Balaban J connectivity index is 1.49. The second kappa shape index (κ2) is 7.68. The first-order chi connectivity index (χ1) is 13.5. The molecular formula is C23H20F3NO. The minimum atomic E-state index is -1.19. The number of rotatable bonds is 4. The third-order valence-electron chi connectivity index (χ3n) is 5.28. The number of nitrogens with two attached hydrogens (primary N) is 1. The summed E-state index contributed by atoms with van der Waals surface area (Å²) in [4.78, 5) is 0. The lowest BCUT2D eigenvalue weighted by Crippen LogP contribution is -2.33. The second-order valence-electron chi connectivity index (χ2n) is 7.13. The Labute approximate surface area is 161 Å². The summed E-state index contributed by atoms with van der Waals surface area (Å²) >= 11 is 0. The van der Waals surface area contributed by atoms with Gasteiger partial charge in [0.05, 0.1) is 0 Å². The number of fused-ring (bicyclic) bond motifs is 1. The van der Waals surface area contributed by atoms with Crippen molar-refractivity contribution in [1.82, 2.24) is 0 Å². The van der Waals surface area contributed by atoms with E-state index in [4.69, 9.17) is 10.5 Å². The summed E-state index contributed by atoms with van der Waals surface area (Å²) in [7, 11) is 0. The highest BCUT2D eigenvalue weighted by Crippen LogP contribution is 2.34. The molecule has 0 radical (unpaired) electrons. The van der Waals surface area contributed by atoms with E-state index in [-0.39, 0.29) is 5.56 Å². The number of halogens is 3. The molecule has 2 atom stereocenters. The first-order valence-corrected chi connectivity index (χ1v) is 9.21. The van der Waals surface area contributed by atoms with Gasteiger partial charge in [-0.3, -0.25) is 0 Å². The van der Waals surface area contributed by atoms with Crippen LogP contribution in [0, 0.1) is 17.5 Å². The maximum Gasteiger partial charge on any atom is 0.161 e. The first-order valence-electron chi connectivity index (χ1n) is 9.21. The lowest BCUT2D eigenvalue weighted by Gasteiger charge is -2.29. The zero-order valence-corrected chi connectivity index (χ0v) is 15.2. The Kier molecular flexibility index (Phi) is 5.09. The van der Waals surface area contributed by atoms with E-state index in [0.29, 0.717) is 25.5 Å². The van der Waals surface area contributed by atoms with Gasteiger partial charge in [-0.1, -0.05) is 42.5 Å². The number of hydrogen-bond acceptors (Lipinski definition) is 2. The van der Waals surface area contributed by atoms with Crippen molar-refractivity contribution in [2.45, 2.75) is 24.8 Å².